The monoisotopic (exact) mass is 195 g/mol. The van der Waals surface area contributed by atoms with Crippen LogP contribution in [-0.2, 0) is 0 Å². The molecule has 0 aromatic carbocycles. The molecule has 0 aromatic rings. The van der Waals surface area contributed by atoms with Gasteiger partial charge in [-0.15, -0.1) is 11.6 Å². The predicted molar refractivity (Wildman–Crippen MR) is 55.8 cm³/mol. The fourth-order valence-electron chi connectivity index (χ4n) is 0.848. The minimum Gasteiger partial charge on any atom is -0.314 e. The minimum absolute atomic E-state index is 0.321. The lowest BCUT2D eigenvalue weighted by atomic mass is 10.2. The number of hydrogen-bond donors (Lipinski definition) is 1. The van der Waals surface area contributed by atoms with Crippen LogP contribution in [0.2, 0.25) is 0 Å². The highest BCUT2D eigenvalue weighted by atomic mass is 35.5. The maximum atomic E-state index is 5.99. The topological polar surface area (TPSA) is 12.0 Å². The van der Waals surface area contributed by atoms with Gasteiger partial charge in [-0.05, 0) is 12.7 Å². The molecule has 11 heavy (non-hydrogen) atoms. The van der Waals surface area contributed by atoms with Crippen LogP contribution in [0.5, 0.6) is 0 Å². The van der Waals surface area contributed by atoms with E-state index < -0.39 is 0 Å². The van der Waals surface area contributed by atoms with Crippen LogP contribution in [0.1, 0.15) is 19.8 Å². The molecule has 0 amide bonds. The molecule has 3 heteroatoms. The normalized spacial score (nSPS) is 13.4. The minimum atomic E-state index is 0.321. The third-order valence-electron chi connectivity index (χ3n) is 1.45. The first-order chi connectivity index (χ1) is 5.31. The Kier molecular flexibility index (Phi) is 9.17. The maximum Gasteiger partial charge on any atom is 0.0460 e. The summed E-state index contributed by atoms with van der Waals surface area (Å²) >= 11 is 7.85. The molecular formula is C8H18ClNS. The van der Waals surface area contributed by atoms with Crippen LogP contribution in [0.25, 0.3) is 0 Å². The molecule has 0 rings (SSSR count). The smallest absolute Gasteiger partial charge is 0.0460 e. The Balaban J connectivity index is 2.97. The Morgan fingerprint density at radius 3 is 2.82 bits per heavy atom. The van der Waals surface area contributed by atoms with Gasteiger partial charge in [0.2, 0.25) is 0 Å². The molecule has 0 aliphatic carbocycles. The molecule has 1 N–H and O–H groups in total. The molecule has 1 nitrogen and oxygen atoms in total. The Labute approximate surface area is 79.3 Å². The van der Waals surface area contributed by atoms with E-state index in [0.29, 0.717) is 5.38 Å². The second kappa shape index (κ2) is 8.69. The highest BCUT2D eigenvalue weighted by Crippen LogP contribution is 2.02. The highest BCUT2D eigenvalue weighted by Gasteiger charge is 2.00. The van der Waals surface area contributed by atoms with E-state index in [0.717, 1.165) is 19.5 Å². The lowest BCUT2D eigenvalue weighted by Crippen LogP contribution is -2.25. The standard InChI is InChI=1S/C8H18ClNS/c1-3-4-8(9)7-10-5-6-11-2/h8,10H,3-7H2,1-2H3. The molecule has 1 unspecified atom stereocenters. The van der Waals surface area contributed by atoms with E-state index in [-0.39, 0.29) is 0 Å². The molecule has 0 aliphatic rings. The Morgan fingerprint density at radius 2 is 2.27 bits per heavy atom. The van der Waals surface area contributed by atoms with Gasteiger partial charge in [0.1, 0.15) is 0 Å². The molecule has 0 heterocycles. The van der Waals surface area contributed by atoms with Gasteiger partial charge < -0.3 is 5.32 Å². The third kappa shape index (κ3) is 8.51. The van der Waals surface area contributed by atoms with Gasteiger partial charge in [0, 0.05) is 24.2 Å². The van der Waals surface area contributed by atoms with Crippen molar-refractivity contribution < 1.29 is 0 Å². The van der Waals surface area contributed by atoms with Gasteiger partial charge in [0.05, 0.1) is 0 Å². The summed E-state index contributed by atoms with van der Waals surface area (Å²) < 4.78 is 0. The van der Waals surface area contributed by atoms with Crippen LogP contribution in [0.15, 0.2) is 0 Å². The molecule has 1 atom stereocenters. The summed E-state index contributed by atoms with van der Waals surface area (Å²) in [6.45, 7) is 4.20. The van der Waals surface area contributed by atoms with Gasteiger partial charge in [0.25, 0.3) is 0 Å². The molecule has 0 radical (unpaired) electrons. The van der Waals surface area contributed by atoms with Crippen molar-refractivity contribution in [1.29, 1.82) is 0 Å². The number of thioether (sulfide) groups is 1. The Morgan fingerprint density at radius 1 is 1.55 bits per heavy atom. The number of rotatable bonds is 7. The fourth-order valence-corrected chi connectivity index (χ4v) is 1.52. The van der Waals surface area contributed by atoms with E-state index in [1.165, 1.54) is 12.2 Å². The first-order valence-corrected chi connectivity index (χ1v) is 5.98. The van der Waals surface area contributed by atoms with Gasteiger partial charge in [-0.25, -0.2) is 0 Å². The fraction of sp³-hybridized carbons (Fsp3) is 1.00. The van der Waals surface area contributed by atoms with Crippen molar-refractivity contribution in [1.82, 2.24) is 5.32 Å². The van der Waals surface area contributed by atoms with E-state index in [2.05, 4.69) is 18.5 Å². The van der Waals surface area contributed by atoms with Crippen molar-refractivity contribution in [3.63, 3.8) is 0 Å². The van der Waals surface area contributed by atoms with E-state index in [9.17, 15) is 0 Å². The molecule has 0 fully saturated rings. The summed E-state index contributed by atoms with van der Waals surface area (Å²) in [5.74, 6) is 1.18. The van der Waals surface area contributed by atoms with Crippen molar-refractivity contribution in [2.45, 2.75) is 25.1 Å². The van der Waals surface area contributed by atoms with Gasteiger partial charge in [-0.3, -0.25) is 0 Å². The van der Waals surface area contributed by atoms with E-state index >= 15 is 0 Å². The predicted octanol–water partition coefficient (Wildman–Crippen LogP) is 2.35. The maximum absolute atomic E-state index is 5.99. The summed E-state index contributed by atoms with van der Waals surface area (Å²) in [4.78, 5) is 0. The summed E-state index contributed by atoms with van der Waals surface area (Å²) in [5.41, 5.74) is 0. The zero-order valence-corrected chi connectivity index (χ0v) is 8.97. The second-order valence-electron chi connectivity index (χ2n) is 2.58. The number of nitrogens with one attached hydrogen (secondary N) is 1. The van der Waals surface area contributed by atoms with E-state index in [1.807, 2.05) is 11.8 Å². The first-order valence-electron chi connectivity index (χ1n) is 4.15. The average Bonchev–Trinajstić information content (AvgIpc) is 1.99. The molecule has 0 bridgehead atoms. The van der Waals surface area contributed by atoms with Crippen LogP contribution in [0.3, 0.4) is 0 Å². The Hall–Kier alpha value is 0.600. The molecule has 0 saturated carbocycles. The average molecular weight is 196 g/mol. The molecule has 68 valence electrons. The van der Waals surface area contributed by atoms with Gasteiger partial charge >= 0.3 is 0 Å². The van der Waals surface area contributed by atoms with Gasteiger partial charge in [-0.1, -0.05) is 13.3 Å². The van der Waals surface area contributed by atoms with Crippen LogP contribution in [0.4, 0.5) is 0 Å². The van der Waals surface area contributed by atoms with Crippen molar-refractivity contribution >= 4 is 23.4 Å². The van der Waals surface area contributed by atoms with Gasteiger partial charge in [0.15, 0.2) is 0 Å². The van der Waals surface area contributed by atoms with Crippen molar-refractivity contribution in [3.05, 3.63) is 0 Å². The summed E-state index contributed by atoms with van der Waals surface area (Å²) in [5, 5.41) is 3.64. The van der Waals surface area contributed by atoms with Crippen LogP contribution < -0.4 is 5.32 Å². The van der Waals surface area contributed by atoms with Crippen molar-refractivity contribution in [2.24, 2.45) is 0 Å². The molecule has 0 spiro atoms. The first kappa shape index (κ1) is 11.6. The lowest BCUT2D eigenvalue weighted by Gasteiger charge is -2.08. The second-order valence-corrected chi connectivity index (χ2v) is 4.19. The molecular weight excluding hydrogens is 178 g/mol. The molecule has 0 aromatic heterocycles. The SMILES string of the molecule is CCCC(Cl)CNCCSC. The summed E-state index contributed by atoms with van der Waals surface area (Å²) in [7, 11) is 0. The van der Waals surface area contributed by atoms with Crippen LogP contribution >= 0.6 is 23.4 Å². The zero-order valence-electron chi connectivity index (χ0n) is 7.40. The lowest BCUT2D eigenvalue weighted by molar-refractivity contribution is 0.643. The molecule has 0 aliphatic heterocycles. The van der Waals surface area contributed by atoms with Crippen molar-refractivity contribution in [3.8, 4) is 0 Å². The Bertz CT molecular complexity index is 80.5. The van der Waals surface area contributed by atoms with Crippen LogP contribution in [-0.4, -0.2) is 30.5 Å². The summed E-state index contributed by atoms with van der Waals surface area (Å²) in [6.07, 6.45) is 4.41. The third-order valence-corrected chi connectivity index (χ3v) is 2.44. The zero-order chi connectivity index (χ0) is 8.53. The van der Waals surface area contributed by atoms with Crippen molar-refractivity contribution in [2.75, 3.05) is 25.1 Å². The van der Waals surface area contributed by atoms with Crippen LogP contribution in [0, 0.1) is 0 Å². The largest absolute Gasteiger partial charge is 0.314 e. The summed E-state index contributed by atoms with van der Waals surface area (Å²) in [6, 6.07) is 0. The highest BCUT2D eigenvalue weighted by molar-refractivity contribution is 7.98. The van der Waals surface area contributed by atoms with Gasteiger partial charge in [-0.2, -0.15) is 11.8 Å². The van der Waals surface area contributed by atoms with E-state index in [1.54, 1.807) is 0 Å². The number of hydrogen-bond acceptors (Lipinski definition) is 2. The molecule has 0 saturated heterocycles. The quantitative estimate of drug-likeness (QED) is 0.495. The number of alkyl halides is 1. The van der Waals surface area contributed by atoms with E-state index in [4.69, 9.17) is 11.6 Å². The number of halogens is 1.